The van der Waals surface area contributed by atoms with Crippen LogP contribution in [0.1, 0.15) is 31.4 Å². The van der Waals surface area contributed by atoms with Crippen LogP contribution in [0, 0.1) is 17.2 Å². The first-order valence-corrected chi connectivity index (χ1v) is 6.45. The van der Waals surface area contributed by atoms with Gasteiger partial charge >= 0.3 is 0 Å². The van der Waals surface area contributed by atoms with Gasteiger partial charge in [-0.3, -0.25) is 4.90 Å². The largest absolute Gasteiger partial charge is 0.495 e. The Kier molecular flexibility index (Phi) is 3.88. The Morgan fingerprint density at radius 1 is 1.44 bits per heavy atom. The van der Waals surface area contributed by atoms with Crippen LogP contribution in [0.3, 0.4) is 0 Å². The average Bonchev–Trinajstić information content (AvgIpc) is 2.67. The second-order valence-corrected chi connectivity index (χ2v) is 5.27. The molecule has 0 aliphatic carbocycles. The number of rotatable bonds is 3. The number of hydrogen-bond donors (Lipinski definition) is 0. The molecule has 1 saturated heterocycles. The van der Waals surface area contributed by atoms with Gasteiger partial charge in [0.1, 0.15) is 11.8 Å². The van der Waals surface area contributed by atoms with Gasteiger partial charge in [-0.2, -0.15) is 5.26 Å². The van der Waals surface area contributed by atoms with Crippen LogP contribution >= 0.6 is 0 Å². The van der Waals surface area contributed by atoms with E-state index in [2.05, 4.69) is 24.8 Å². The minimum atomic E-state index is 0.601. The lowest BCUT2D eigenvalue weighted by Gasteiger charge is -2.21. The van der Waals surface area contributed by atoms with Crippen LogP contribution in [-0.4, -0.2) is 24.6 Å². The summed E-state index contributed by atoms with van der Waals surface area (Å²) in [5.41, 5.74) is 1.82. The molecule has 1 fully saturated rings. The first kappa shape index (κ1) is 12.9. The van der Waals surface area contributed by atoms with Crippen molar-refractivity contribution in [3.05, 3.63) is 29.3 Å². The molecule has 0 aromatic heterocycles. The molecule has 1 aromatic carbocycles. The first-order valence-electron chi connectivity index (χ1n) is 6.45. The quantitative estimate of drug-likeness (QED) is 0.820. The maximum atomic E-state index is 8.96. The fourth-order valence-electron chi connectivity index (χ4n) is 2.77. The minimum absolute atomic E-state index is 0.601. The molecule has 0 bridgehead atoms. The Morgan fingerprint density at radius 2 is 2.22 bits per heavy atom. The van der Waals surface area contributed by atoms with E-state index >= 15 is 0 Å². The standard InChI is InChI=1S/C15H20N2O/c1-11-6-12(2)17(9-11)10-13-4-5-14(8-16)15(7-13)18-3/h4-5,7,11-12H,6,9-10H2,1-3H3. The summed E-state index contributed by atoms with van der Waals surface area (Å²) in [6.45, 7) is 6.68. The van der Waals surface area contributed by atoms with E-state index in [4.69, 9.17) is 10.00 Å². The van der Waals surface area contributed by atoms with E-state index in [1.54, 1.807) is 7.11 Å². The Morgan fingerprint density at radius 3 is 2.78 bits per heavy atom. The van der Waals surface area contributed by atoms with Gasteiger partial charge in [0.25, 0.3) is 0 Å². The summed E-state index contributed by atoms with van der Waals surface area (Å²) in [6, 6.07) is 8.64. The molecule has 1 aromatic rings. The predicted molar refractivity (Wildman–Crippen MR) is 71.4 cm³/mol. The molecule has 2 atom stereocenters. The highest BCUT2D eigenvalue weighted by molar-refractivity contribution is 5.45. The molecule has 2 unspecified atom stereocenters. The molecule has 0 amide bonds. The molecule has 96 valence electrons. The van der Waals surface area contributed by atoms with E-state index in [1.165, 1.54) is 12.0 Å². The van der Waals surface area contributed by atoms with Gasteiger partial charge in [0.15, 0.2) is 0 Å². The third-order valence-corrected chi connectivity index (χ3v) is 3.69. The summed E-state index contributed by atoms with van der Waals surface area (Å²) < 4.78 is 5.25. The molecule has 0 radical (unpaired) electrons. The number of nitriles is 1. The zero-order valence-electron chi connectivity index (χ0n) is 11.3. The molecular weight excluding hydrogens is 224 g/mol. The first-order chi connectivity index (χ1) is 8.63. The second kappa shape index (κ2) is 5.41. The van der Waals surface area contributed by atoms with E-state index < -0.39 is 0 Å². The smallest absolute Gasteiger partial charge is 0.136 e. The molecular formula is C15H20N2O. The van der Waals surface area contributed by atoms with Gasteiger partial charge < -0.3 is 4.74 Å². The lowest BCUT2D eigenvalue weighted by Crippen LogP contribution is -2.26. The zero-order valence-corrected chi connectivity index (χ0v) is 11.3. The van der Waals surface area contributed by atoms with E-state index in [0.29, 0.717) is 17.4 Å². The lowest BCUT2D eigenvalue weighted by molar-refractivity contribution is 0.256. The van der Waals surface area contributed by atoms with Gasteiger partial charge in [-0.25, -0.2) is 0 Å². The van der Waals surface area contributed by atoms with Crippen molar-refractivity contribution in [1.29, 1.82) is 5.26 Å². The summed E-state index contributed by atoms with van der Waals surface area (Å²) in [5, 5.41) is 8.96. The van der Waals surface area contributed by atoms with Crippen molar-refractivity contribution in [2.24, 2.45) is 5.92 Å². The number of benzene rings is 1. The Labute approximate surface area is 109 Å². The summed E-state index contributed by atoms with van der Waals surface area (Å²) in [7, 11) is 1.61. The van der Waals surface area contributed by atoms with Crippen molar-refractivity contribution in [1.82, 2.24) is 4.90 Å². The molecule has 3 heteroatoms. The van der Waals surface area contributed by atoms with E-state index in [9.17, 15) is 0 Å². The normalized spacial score (nSPS) is 23.9. The van der Waals surface area contributed by atoms with Gasteiger partial charge in [0, 0.05) is 19.1 Å². The highest BCUT2D eigenvalue weighted by Gasteiger charge is 2.25. The highest BCUT2D eigenvalue weighted by atomic mass is 16.5. The number of nitrogens with zero attached hydrogens (tertiary/aromatic N) is 2. The molecule has 18 heavy (non-hydrogen) atoms. The van der Waals surface area contributed by atoms with Gasteiger partial charge in [-0.1, -0.05) is 13.0 Å². The van der Waals surface area contributed by atoms with Crippen LogP contribution in [0.4, 0.5) is 0 Å². The summed E-state index contributed by atoms with van der Waals surface area (Å²) >= 11 is 0. The molecule has 3 nitrogen and oxygen atoms in total. The van der Waals surface area contributed by atoms with Crippen LogP contribution in [0.2, 0.25) is 0 Å². The number of likely N-dealkylation sites (tertiary alicyclic amines) is 1. The van der Waals surface area contributed by atoms with Crippen molar-refractivity contribution in [2.75, 3.05) is 13.7 Å². The van der Waals surface area contributed by atoms with Crippen molar-refractivity contribution in [3.63, 3.8) is 0 Å². The van der Waals surface area contributed by atoms with Gasteiger partial charge in [-0.15, -0.1) is 0 Å². The van der Waals surface area contributed by atoms with Crippen molar-refractivity contribution in [2.45, 2.75) is 32.9 Å². The summed E-state index contributed by atoms with van der Waals surface area (Å²) in [4.78, 5) is 2.49. The minimum Gasteiger partial charge on any atom is -0.495 e. The molecule has 0 saturated carbocycles. The SMILES string of the molecule is COc1cc(CN2CC(C)CC2C)ccc1C#N. The molecule has 0 N–H and O–H groups in total. The Balaban J connectivity index is 2.13. The van der Waals surface area contributed by atoms with Crippen LogP contribution < -0.4 is 4.74 Å². The van der Waals surface area contributed by atoms with E-state index in [-0.39, 0.29) is 0 Å². The van der Waals surface area contributed by atoms with E-state index in [1.807, 2.05) is 18.2 Å². The van der Waals surface area contributed by atoms with Gasteiger partial charge in [0.2, 0.25) is 0 Å². The molecule has 0 spiro atoms. The Bertz CT molecular complexity index is 464. The fourth-order valence-corrected chi connectivity index (χ4v) is 2.77. The highest BCUT2D eigenvalue weighted by Crippen LogP contribution is 2.26. The second-order valence-electron chi connectivity index (χ2n) is 5.27. The molecule has 1 heterocycles. The van der Waals surface area contributed by atoms with Crippen LogP contribution in [0.25, 0.3) is 0 Å². The van der Waals surface area contributed by atoms with E-state index in [0.717, 1.165) is 19.0 Å². The third kappa shape index (κ3) is 2.65. The Hall–Kier alpha value is -1.53. The number of methoxy groups -OCH3 is 1. The van der Waals surface area contributed by atoms with Crippen molar-refractivity contribution >= 4 is 0 Å². The van der Waals surface area contributed by atoms with Crippen LogP contribution in [-0.2, 0) is 6.54 Å². The fraction of sp³-hybridized carbons (Fsp3) is 0.533. The summed E-state index contributed by atoms with van der Waals surface area (Å²) in [5.74, 6) is 1.45. The molecule has 2 rings (SSSR count). The van der Waals surface area contributed by atoms with Crippen LogP contribution in [0.15, 0.2) is 18.2 Å². The van der Waals surface area contributed by atoms with Crippen molar-refractivity contribution in [3.8, 4) is 11.8 Å². The van der Waals surface area contributed by atoms with Crippen molar-refractivity contribution < 1.29 is 4.74 Å². The van der Waals surface area contributed by atoms with Gasteiger partial charge in [0.05, 0.1) is 12.7 Å². The third-order valence-electron chi connectivity index (χ3n) is 3.69. The maximum absolute atomic E-state index is 8.96. The maximum Gasteiger partial charge on any atom is 0.136 e. The summed E-state index contributed by atoms with van der Waals surface area (Å²) in [6.07, 6.45) is 1.27. The average molecular weight is 244 g/mol. The lowest BCUT2D eigenvalue weighted by atomic mass is 10.1. The topological polar surface area (TPSA) is 36.3 Å². The number of hydrogen-bond acceptors (Lipinski definition) is 3. The molecule has 1 aliphatic rings. The number of ether oxygens (including phenoxy) is 1. The zero-order chi connectivity index (χ0) is 13.1. The van der Waals surface area contributed by atoms with Crippen LogP contribution in [0.5, 0.6) is 5.75 Å². The monoisotopic (exact) mass is 244 g/mol. The molecule has 1 aliphatic heterocycles. The van der Waals surface area contributed by atoms with Gasteiger partial charge in [-0.05, 0) is 37.0 Å². The predicted octanol–water partition coefficient (Wildman–Crippen LogP) is 2.80.